The third-order valence-electron chi connectivity index (χ3n) is 4.07. The van der Waals surface area contributed by atoms with E-state index >= 15 is 0 Å². The molecule has 1 saturated heterocycles. The Morgan fingerprint density at radius 2 is 1.95 bits per heavy atom. The second kappa shape index (κ2) is 6.87. The maximum Gasteiger partial charge on any atom is 0.145 e. The minimum atomic E-state index is 0.584. The monoisotopic (exact) mass is 323 g/mol. The van der Waals surface area contributed by atoms with Crippen molar-refractivity contribution in [2.75, 3.05) is 19.7 Å². The molecule has 4 heteroatoms. The number of hydrogen-bond donors (Lipinski definition) is 1. The molecular formula is C17H19Cl2NO. The number of benzene rings is 2. The fourth-order valence-corrected chi connectivity index (χ4v) is 3.51. The first-order chi connectivity index (χ1) is 10.3. The molecule has 2 aromatic carbocycles. The highest BCUT2D eigenvalue weighted by atomic mass is 35.5. The zero-order valence-corrected chi connectivity index (χ0v) is 13.4. The lowest BCUT2D eigenvalue weighted by Crippen LogP contribution is -2.30. The van der Waals surface area contributed by atoms with Gasteiger partial charge in [0.2, 0.25) is 0 Å². The number of halogens is 2. The van der Waals surface area contributed by atoms with Crippen LogP contribution in [0.1, 0.15) is 19.3 Å². The van der Waals surface area contributed by atoms with E-state index in [0.29, 0.717) is 22.6 Å². The molecule has 0 bridgehead atoms. The first kappa shape index (κ1) is 15.0. The molecule has 0 spiro atoms. The second-order valence-corrected chi connectivity index (χ2v) is 6.38. The van der Waals surface area contributed by atoms with Crippen LogP contribution in [0.25, 0.3) is 10.8 Å². The molecule has 2 aromatic rings. The van der Waals surface area contributed by atoms with Crippen LogP contribution in [0.5, 0.6) is 5.75 Å². The van der Waals surface area contributed by atoms with Crippen molar-refractivity contribution in [1.29, 1.82) is 0 Å². The van der Waals surface area contributed by atoms with E-state index < -0.39 is 0 Å². The Bertz CT molecular complexity index is 623. The van der Waals surface area contributed by atoms with E-state index in [1.807, 2.05) is 24.3 Å². The molecule has 0 saturated carbocycles. The van der Waals surface area contributed by atoms with Crippen molar-refractivity contribution in [3.8, 4) is 5.75 Å². The summed E-state index contributed by atoms with van der Waals surface area (Å²) in [7, 11) is 0. The van der Waals surface area contributed by atoms with E-state index in [1.54, 1.807) is 6.07 Å². The molecule has 0 aliphatic carbocycles. The van der Waals surface area contributed by atoms with Crippen LogP contribution < -0.4 is 10.1 Å². The van der Waals surface area contributed by atoms with E-state index in [-0.39, 0.29) is 0 Å². The molecule has 0 radical (unpaired) electrons. The van der Waals surface area contributed by atoms with Crippen molar-refractivity contribution in [2.45, 2.75) is 19.3 Å². The van der Waals surface area contributed by atoms with Crippen molar-refractivity contribution in [1.82, 2.24) is 5.32 Å². The summed E-state index contributed by atoms with van der Waals surface area (Å²) in [5, 5.41) is 6.65. The van der Waals surface area contributed by atoms with E-state index in [9.17, 15) is 0 Å². The molecule has 1 heterocycles. The lowest BCUT2D eigenvalue weighted by molar-refractivity contribution is 0.256. The third kappa shape index (κ3) is 3.45. The highest BCUT2D eigenvalue weighted by molar-refractivity contribution is 6.39. The molecule has 21 heavy (non-hydrogen) atoms. The van der Waals surface area contributed by atoms with E-state index in [0.717, 1.165) is 36.0 Å². The molecule has 1 N–H and O–H groups in total. The fourth-order valence-electron chi connectivity index (χ4n) is 2.92. The smallest absolute Gasteiger partial charge is 0.145 e. The first-order valence-corrected chi connectivity index (χ1v) is 8.21. The Hall–Kier alpha value is -0.960. The standard InChI is InChI=1S/C17H19Cl2NO/c18-15-10-16(19)17(14-6-2-1-5-13(14)15)21-9-7-12-4-3-8-20-11-12/h1-2,5-6,10,12,20H,3-4,7-9,11H2. The Morgan fingerprint density at radius 1 is 1.14 bits per heavy atom. The van der Waals surface area contributed by atoms with Crippen LogP contribution in [0.2, 0.25) is 10.0 Å². The topological polar surface area (TPSA) is 21.3 Å². The summed E-state index contributed by atoms with van der Waals surface area (Å²) >= 11 is 12.6. The van der Waals surface area contributed by atoms with Gasteiger partial charge in [-0.1, -0.05) is 47.5 Å². The number of ether oxygens (including phenoxy) is 1. The minimum absolute atomic E-state index is 0.584. The van der Waals surface area contributed by atoms with Crippen molar-refractivity contribution in [2.24, 2.45) is 5.92 Å². The zero-order chi connectivity index (χ0) is 14.7. The largest absolute Gasteiger partial charge is 0.491 e. The summed E-state index contributed by atoms with van der Waals surface area (Å²) in [6.45, 7) is 2.93. The van der Waals surface area contributed by atoms with Gasteiger partial charge in [0.25, 0.3) is 0 Å². The number of rotatable bonds is 4. The van der Waals surface area contributed by atoms with E-state index in [4.69, 9.17) is 27.9 Å². The summed E-state index contributed by atoms with van der Waals surface area (Å²) in [6, 6.07) is 9.71. The summed E-state index contributed by atoms with van der Waals surface area (Å²) in [6.07, 6.45) is 3.60. The van der Waals surface area contributed by atoms with Gasteiger partial charge in [0.15, 0.2) is 0 Å². The molecule has 1 fully saturated rings. The lowest BCUT2D eigenvalue weighted by atomic mass is 9.97. The van der Waals surface area contributed by atoms with Gasteiger partial charge in [0, 0.05) is 10.8 Å². The number of nitrogens with one attached hydrogen (secondary N) is 1. The van der Waals surface area contributed by atoms with Crippen molar-refractivity contribution in [3.05, 3.63) is 40.4 Å². The molecule has 1 atom stereocenters. The normalized spacial score (nSPS) is 18.9. The van der Waals surface area contributed by atoms with Crippen LogP contribution in [-0.4, -0.2) is 19.7 Å². The predicted octanol–water partition coefficient (Wildman–Crippen LogP) is 4.92. The molecule has 0 aromatic heterocycles. The van der Waals surface area contributed by atoms with Gasteiger partial charge in [0.1, 0.15) is 5.75 Å². The molecule has 1 unspecified atom stereocenters. The number of hydrogen-bond acceptors (Lipinski definition) is 2. The van der Waals surface area contributed by atoms with Gasteiger partial charge < -0.3 is 10.1 Å². The third-order valence-corrected chi connectivity index (χ3v) is 4.66. The van der Waals surface area contributed by atoms with Crippen LogP contribution in [-0.2, 0) is 0 Å². The summed E-state index contributed by atoms with van der Waals surface area (Å²) in [4.78, 5) is 0. The Balaban J connectivity index is 1.74. The zero-order valence-electron chi connectivity index (χ0n) is 11.9. The molecule has 112 valence electrons. The molecule has 2 nitrogen and oxygen atoms in total. The van der Waals surface area contributed by atoms with Crippen LogP contribution >= 0.6 is 23.2 Å². The van der Waals surface area contributed by atoms with Crippen LogP contribution in [0.4, 0.5) is 0 Å². The average Bonchev–Trinajstić information content (AvgIpc) is 2.51. The van der Waals surface area contributed by atoms with Gasteiger partial charge in [-0.15, -0.1) is 0 Å². The first-order valence-electron chi connectivity index (χ1n) is 7.46. The quantitative estimate of drug-likeness (QED) is 0.862. The Kier molecular flexibility index (Phi) is 4.89. The summed E-state index contributed by atoms with van der Waals surface area (Å²) in [5.41, 5.74) is 0. The molecule has 1 aliphatic heterocycles. The second-order valence-electron chi connectivity index (χ2n) is 5.56. The summed E-state index contributed by atoms with van der Waals surface area (Å²) in [5.74, 6) is 1.46. The van der Waals surface area contributed by atoms with Gasteiger partial charge >= 0.3 is 0 Å². The fraction of sp³-hybridized carbons (Fsp3) is 0.412. The van der Waals surface area contributed by atoms with Crippen LogP contribution in [0.3, 0.4) is 0 Å². The lowest BCUT2D eigenvalue weighted by Gasteiger charge is -2.23. The highest BCUT2D eigenvalue weighted by Crippen LogP contribution is 2.38. The predicted molar refractivity (Wildman–Crippen MR) is 89.7 cm³/mol. The molecule has 1 aliphatic rings. The summed E-state index contributed by atoms with van der Waals surface area (Å²) < 4.78 is 5.99. The maximum absolute atomic E-state index is 6.31. The average molecular weight is 324 g/mol. The van der Waals surface area contributed by atoms with Gasteiger partial charge in [0.05, 0.1) is 16.7 Å². The minimum Gasteiger partial charge on any atom is -0.491 e. The molecule has 3 rings (SSSR count). The van der Waals surface area contributed by atoms with Gasteiger partial charge in [-0.3, -0.25) is 0 Å². The highest BCUT2D eigenvalue weighted by Gasteiger charge is 2.15. The van der Waals surface area contributed by atoms with Gasteiger partial charge in [-0.25, -0.2) is 0 Å². The van der Waals surface area contributed by atoms with Crippen molar-refractivity contribution >= 4 is 34.0 Å². The molecular weight excluding hydrogens is 305 g/mol. The Morgan fingerprint density at radius 3 is 2.71 bits per heavy atom. The maximum atomic E-state index is 6.31. The SMILES string of the molecule is Clc1cc(Cl)c2ccccc2c1OCCC1CCCNC1. The van der Waals surface area contributed by atoms with Gasteiger partial charge in [-0.2, -0.15) is 0 Å². The van der Waals surface area contributed by atoms with E-state index in [2.05, 4.69) is 5.32 Å². The Labute approximate surface area is 135 Å². The molecule has 0 amide bonds. The number of fused-ring (bicyclic) bond motifs is 1. The van der Waals surface area contributed by atoms with Crippen LogP contribution in [0.15, 0.2) is 30.3 Å². The number of piperidine rings is 1. The van der Waals surface area contributed by atoms with E-state index in [1.165, 1.54) is 12.8 Å². The van der Waals surface area contributed by atoms with Crippen molar-refractivity contribution in [3.63, 3.8) is 0 Å². The van der Waals surface area contributed by atoms with Crippen molar-refractivity contribution < 1.29 is 4.74 Å². The van der Waals surface area contributed by atoms with Crippen LogP contribution in [0, 0.1) is 5.92 Å². The van der Waals surface area contributed by atoms with Gasteiger partial charge in [-0.05, 0) is 44.3 Å².